The van der Waals surface area contributed by atoms with Crippen molar-refractivity contribution in [3.8, 4) is 0 Å². The molecule has 1 saturated heterocycles. The second kappa shape index (κ2) is 6.93. The van der Waals surface area contributed by atoms with Gasteiger partial charge in [0.05, 0.1) is 5.75 Å². The van der Waals surface area contributed by atoms with Crippen molar-refractivity contribution in [2.45, 2.75) is 30.8 Å². The molecule has 0 radical (unpaired) electrons. The van der Waals surface area contributed by atoms with Gasteiger partial charge in [-0.15, -0.1) is 16.9 Å². The van der Waals surface area contributed by atoms with E-state index >= 15 is 0 Å². The highest BCUT2D eigenvalue weighted by Crippen LogP contribution is 2.28. The Morgan fingerprint density at radius 1 is 1.36 bits per heavy atom. The van der Waals surface area contributed by atoms with Gasteiger partial charge in [-0.05, 0) is 31.9 Å². The van der Waals surface area contributed by atoms with E-state index < -0.39 is 0 Å². The van der Waals surface area contributed by atoms with Crippen molar-refractivity contribution in [1.29, 1.82) is 0 Å². The van der Waals surface area contributed by atoms with Gasteiger partial charge in [0.1, 0.15) is 6.10 Å². The molecule has 0 aliphatic carbocycles. The van der Waals surface area contributed by atoms with Gasteiger partial charge >= 0.3 is 6.01 Å². The number of amides is 1. The predicted molar refractivity (Wildman–Crippen MR) is 82.8 cm³/mol. The minimum atomic E-state index is -0.173. The molecule has 0 spiro atoms. The number of aryl methyl sites for hydroxylation is 1. The summed E-state index contributed by atoms with van der Waals surface area (Å²) < 4.78 is 10.9. The van der Waals surface area contributed by atoms with Crippen molar-refractivity contribution in [1.82, 2.24) is 10.2 Å². The minimum absolute atomic E-state index is 0.125. The molecular weight excluding hydrogens is 302 g/mol. The van der Waals surface area contributed by atoms with Crippen molar-refractivity contribution in [3.05, 3.63) is 35.7 Å². The van der Waals surface area contributed by atoms with Crippen molar-refractivity contribution < 1.29 is 13.9 Å². The van der Waals surface area contributed by atoms with Crippen LogP contribution in [0.4, 0.5) is 6.01 Å². The number of hydrogen-bond acceptors (Lipinski definition) is 6. The van der Waals surface area contributed by atoms with E-state index in [0.29, 0.717) is 18.3 Å². The molecule has 2 heterocycles. The average molecular weight is 319 g/mol. The van der Waals surface area contributed by atoms with Crippen LogP contribution in [0.25, 0.3) is 0 Å². The SMILES string of the molecule is Cc1ccc(SCC(=O)Nc2nnc([C@@H]3CCCO3)o2)cc1. The maximum Gasteiger partial charge on any atom is 0.322 e. The first kappa shape index (κ1) is 15.1. The zero-order valence-electron chi connectivity index (χ0n) is 12.2. The number of hydrogen-bond donors (Lipinski definition) is 1. The molecule has 1 aromatic carbocycles. The summed E-state index contributed by atoms with van der Waals surface area (Å²) in [5, 5.41) is 10.4. The van der Waals surface area contributed by atoms with Crippen LogP contribution in [0.5, 0.6) is 0 Å². The van der Waals surface area contributed by atoms with E-state index in [0.717, 1.165) is 17.7 Å². The van der Waals surface area contributed by atoms with Gasteiger partial charge < -0.3 is 9.15 Å². The smallest absolute Gasteiger partial charge is 0.322 e. The Bertz CT molecular complexity index is 636. The van der Waals surface area contributed by atoms with Crippen LogP contribution < -0.4 is 5.32 Å². The highest BCUT2D eigenvalue weighted by molar-refractivity contribution is 8.00. The van der Waals surface area contributed by atoms with Crippen LogP contribution >= 0.6 is 11.8 Å². The van der Waals surface area contributed by atoms with E-state index in [1.54, 1.807) is 0 Å². The van der Waals surface area contributed by atoms with Crippen molar-refractivity contribution in [3.63, 3.8) is 0 Å². The van der Waals surface area contributed by atoms with Crippen molar-refractivity contribution in [2.24, 2.45) is 0 Å². The van der Waals surface area contributed by atoms with Crippen LogP contribution in [0.15, 0.2) is 33.6 Å². The molecule has 1 fully saturated rings. The van der Waals surface area contributed by atoms with Crippen LogP contribution in [-0.2, 0) is 9.53 Å². The maximum absolute atomic E-state index is 11.9. The molecule has 3 rings (SSSR count). The molecule has 1 N–H and O–H groups in total. The number of benzene rings is 1. The second-order valence-corrected chi connectivity index (χ2v) is 6.15. The number of nitrogens with zero attached hydrogens (tertiary/aromatic N) is 2. The summed E-state index contributed by atoms with van der Waals surface area (Å²) in [4.78, 5) is 12.9. The van der Waals surface area contributed by atoms with E-state index in [9.17, 15) is 4.79 Å². The monoisotopic (exact) mass is 319 g/mol. The van der Waals surface area contributed by atoms with E-state index in [4.69, 9.17) is 9.15 Å². The summed E-state index contributed by atoms with van der Waals surface area (Å²) in [5.74, 6) is 0.549. The lowest BCUT2D eigenvalue weighted by Crippen LogP contribution is -2.14. The summed E-state index contributed by atoms with van der Waals surface area (Å²) in [7, 11) is 0. The highest BCUT2D eigenvalue weighted by Gasteiger charge is 2.23. The topological polar surface area (TPSA) is 77.2 Å². The van der Waals surface area contributed by atoms with E-state index in [1.807, 2.05) is 31.2 Å². The fraction of sp³-hybridized carbons (Fsp3) is 0.400. The van der Waals surface area contributed by atoms with Crippen LogP contribution in [0.1, 0.15) is 30.4 Å². The third kappa shape index (κ3) is 3.86. The van der Waals surface area contributed by atoms with E-state index in [-0.39, 0.29) is 18.0 Å². The fourth-order valence-electron chi connectivity index (χ4n) is 2.13. The summed E-state index contributed by atoms with van der Waals surface area (Å²) in [6, 6.07) is 8.16. The molecule has 22 heavy (non-hydrogen) atoms. The first-order chi connectivity index (χ1) is 10.7. The molecule has 0 bridgehead atoms. The Hall–Kier alpha value is -1.86. The van der Waals surface area contributed by atoms with Crippen LogP contribution in [0.2, 0.25) is 0 Å². The van der Waals surface area contributed by atoms with Crippen LogP contribution in [0, 0.1) is 6.92 Å². The lowest BCUT2D eigenvalue weighted by molar-refractivity contribution is -0.113. The molecule has 1 aromatic heterocycles. The molecule has 116 valence electrons. The van der Waals surface area contributed by atoms with Gasteiger partial charge in [-0.1, -0.05) is 22.8 Å². The van der Waals surface area contributed by atoms with Gasteiger partial charge in [0, 0.05) is 11.5 Å². The highest BCUT2D eigenvalue weighted by atomic mass is 32.2. The molecular formula is C15H17N3O3S. The first-order valence-corrected chi connectivity index (χ1v) is 8.13. The van der Waals surface area contributed by atoms with E-state index in [2.05, 4.69) is 15.5 Å². The number of aromatic nitrogens is 2. The zero-order valence-corrected chi connectivity index (χ0v) is 13.1. The van der Waals surface area contributed by atoms with Crippen LogP contribution in [0.3, 0.4) is 0 Å². The van der Waals surface area contributed by atoms with Gasteiger partial charge in [-0.2, -0.15) is 0 Å². The number of anilines is 1. The average Bonchev–Trinajstić information content (AvgIpc) is 3.17. The lowest BCUT2D eigenvalue weighted by atomic mass is 10.2. The van der Waals surface area contributed by atoms with Crippen LogP contribution in [-0.4, -0.2) is 28.5 Å². The largest absolute Gasteiger partial charge is 0.405 e. The van der Waals surface area contributed by atoms with Gasteiger partial charge in [0.25, 0.3) is 0 Å². The molecule has 0 unspecified atom stereocenters. The Balaban J connectivity index is 1.50. The quantitative estimate of drug-likeness (QED) is 0.854. The second-order valence-electron chi connectivity index (χ2n) is 5.10. The number of carbonyl (C=O) groups is 1. The molecule has 2 aromatic rings. The molecule has 1 aliphatic heterocycles. The molecule has 6 nitrogen and oxygen atoms in total. The normalized spacial score (nSPS) is 17.6. The number of thioether (sulfide) groups is 1. The number of carbonyl (C=O) groups excluding carboxylic acids is 1. The third-order valence-electron chi connectivity index (χ3n) is 3.28. The minimum Gasteiger partial charge on any atom is -0.405 e. The standard InChI is InChI=1S/C15H17N3O3S/c1-10-4-6-11(7-5-10)22-9-13(19)16-15-18-17-14(21-15)12-3-2-8-20-12/h4-7,12H,2-3,8-9H2,1H3,(H,16,18,19)/t12-/m0/s1. The summed E-state index contributed by atoms with van der Waals surface area (Å²) in [6.45, 7) is 2.74. The Labute approximate surface area is 132 Å². The Morgan fingerprint density at radius 2 is 2.18 bits per heavy atom. The fourth-order valence-corrected chi connectivity index (χ4v) is 2.82. The van der Waals surface area contributed by atoms with Gasteiger partial charge in [-0.3, -0.25) is 10.1 Å². The number of nitrogens with one attached hydrogen (secondary N) is 1. The Kier molecular flexibility index (Phi) is 4.74. The molecule has 1 aliphatic rings. The Morgan fingerprint density at radius 3 is 2.91 bits per heavy atom. The van der Waals surface area contributed by atoms with Gasteiger partial charge in [0.15, 0.2) is 0 Å². The predicted octanol–water partition coefficient (Wildman–Crippen LogP) is 2.96. The zero-order chi connectivity index (χ0) is 15.4. The van der Waals surface area contributed by atoms with Gasteiger partial charge in [0.2, 0.25) is 11.8 Å². The molecule has 1 atom stereocenters. The third-order valence-corrected chi connectivity index (χ3v) is 4.30. The molecule has 1 amide bonds. The van der Waals surface area contributed by atoms with Crippen molar-refractivity contribution >= 4 is 23.7 Å². The molecule has 7 heteroatoms. The lowest BCUT2D eigenvalue weighted by Gasteiger charge is -2.03. The van der Waals surface area contributed by atoms with E-state index in [1.165, 1.54) is 17.3 Å². The molecule has 0 saturated carbocycles. The number of ether oxygens (including phenoxy) is 1. The summed E-state index contributed by atoms with van der Waals surface area (Å²) in [5.41, 5.74) is 1.20. The van der Waals surface area contributed by atoms with Crippen molar-refractivity contribution in [2.75, 3.05) is 17.7 Å². The maximum atomic E-state index is 11.9. The summed E-state index contributed by atoms with van der Waals surface area (Å²) >= 11 is 1.46. The van der Waals surface area contributed by atoms with Gasteiger partial charge in [-0.25, -0.2) is 0 Å². The first-order valence-electron chi connectivity index (χ1n) is 7.15. The summed E-state index contributed by atoms with van der Waals surface area (Å²) in [6.07, 6.45) is 1.72. The number of rotatable bonds is 5.